The fourth-order valence-electron chi connectivity index (χ4n) is 4.09. The molecule has 0 unspecified atom stereocenters. The van der Waals surface area contributed by atoms with Crippen LogP contribution in [0.15, 0.2) is 98.1 Å². The predicted molar refractivity (Wildman–Crippen MR) is 181 cm³/mol. The van der Waals surface area contributed by atoms with Gasteiger partial charge in [0.25, 0.3) is 6.47 Å². The van der Waals surface area contributed by atoms with E-state index in [1.54, 1.807) is 52.2 Å². The van der Waals surface area contributed by atoms with Crippen molar-refractivity contribution in [3.63, 3.8) is 0 Å². The molecular formula is C33H36Cl2K2N4O9. The van der Waals surface area contributed by atoms with E-state index in [4.69, 9.17) is 50.4 Å². The van der Waals surface area contributed by atoms with Crippen LogP contribution in [-0.2, 0) is 22.2 Å². The van der Waals surface area contributed by atoms with Crippen LogP contribution in [0.3, 0.4) is 0 Å². The summed E-state index contributed by atoms with van der Waals surface area (Å²) in [6.07, 6.45) is 11.1. The van der Waals surface area contributed by atoms with Crippen LogP contribution >= 0.6 is 24.0 Å². The number of carbonyl (C=O) groups is 1. The van der Waals surface area contributed by atoms with Gasteiger partial charge in [0.1, 0.15) is 18.1 Å². The average Bonchev–Trinajstić information content (AvgIpc) is 3.82. The molecule has 0 fully saturated rings. The number of imidazole rings is 2. The minimum Gasteiger partial charge on any atom is -1.00 e. The molecule has 258 valence electrons. The van der Waals surface area contributed by atoms with Crippen molar-refractivity contribution in [2.75, 3.05) is 28.4 Å². The quantitative estimate of drug-likeness (QED) is 0.0659. The zero-order valence-corrected chi connectivity index (χ0v) is 36.3. The number of benzene rings is 2. The van der Waals surface area contributed by atoms with E-state index in [1.165, 1.54) is 13.2 Å². The van der Waals surface area contributed by atoms with E-state index in [0.717, 1.165) is 27.9 Å². The van der Waals surface area contributed by atoms with Gasteiger partial charge in [0.2, 0.25) is 0 Å². The topological polar surface area (TPSA) is 150 Å². The number of nitrogens with zero attached hydrogens (tertiary/aromatic N) is 4. The van der Waals surface area contributed by atoms with E-state index < -0.39 is 0 Å². The van der Waals surface area contributed by atoms with Gasteiger partial charge in [-0.25, -0.2) is 9.97 Å². The molecule has 0 saturated heterocycles. The molecule has 50 heavy (non-hydrogen) atoms. The second-order valence-electron chi connectivity index (χ2n) is 9.11. The number of rotatable bonds is 9. The second kappa shape index (κ2) is 26.6. The van der Waals surface area contributed by atoms with Gasteiger partial charge in [-0.3, -0.25) is 4.79 Å². The molecule has 0 aliphatic heterocycles. The standard InChI is InChI=1S/C16H16N2O3.C8H7ClN2.C8H10O3.CH2O3.ClH.2K.H/c1-19-13-5-6-15(16(8-13)20-2)21-10-12-4-3-7-18-11-17-9-14(12)18;9-4-7-2-1-3-11-6-10-5-8(7)11;1-10-6-3-4-7(9)8(5-6)11-2;2-1-4-3;;;;/h3-9,11H,10H2,1-2H3;1-3,5-6H,4H2;3-5,9H,1-2H3;1,3H;1H;;;/q;;;;;2*+1;-1/p-1. The summed E-state index contributed by atoms with van der Waals surface area (Å²) < 4.78 is 30.1. The van der Waals surface area contributed by atoms with Crippen LogP contribution in [0.25, 0.3) is 11.0 Å². The van der Waals surface area contributed by atoms with E-state index in [2.05, 4.69) is 14.9 Å². The van der Waals surface area contributed by atoms with Crippen molar-refractivity contribution in [3.8, 4) is 34.5 Å². The van der Waals surface area contributed by atoms with Crippen molar-refractivity contribution in [1.29, 1.82) is 0 Å². The van der Waals surface area contributed by atoms with Crippen LogP contribution in [0.4, 0.5) is 0 Å². The fourth-order valence-corrected chi connectivity index (χ4v) is 4.31. The van der Waals surface area contributed by atoms with Crippen molar-refractivity contribution in [3.05, 3.63) is 109 Å². The van der Waals surface area contributed by atoms with E-state index >= 15 is 0 Å². The van der Waals surface area contributed by atoms with Gasteiger partial charge >= 0.3 is 103 Å². The maximum absolute atomic E-state index is 9.15. The SMILES string of the molecule is COc1ccc(O)c(OC)c1.COc1ccc(OCc2cccn3cncc23)c(OC)c1.Cl.ClCc1cccn2cncc12.O=CO[O-].[H-].[K+].[K+]. The summed E-state index contributed by atoms with van der Waals surface area (Å²) in [5.74, 6) is 3.81. The Labute approximate surface area is 387 Å². The van der Waals surface area contributed by atoms with Crippen molar-refractivity contribution in [1.82, 2.24) is 18.8 Å². The monoisotopic (exact) mass is 780 g/mol. The molecule has 4 heterocycles. The number of fused-ring (bicyclic) bond motifs is 2. The molecule has 6 aromatic rings. The average molecular weight is 782 g/mol. The third-order valence-electron chi connectivity index (χ3n) is 6.40. The van der Waals surface area contributed by atoms with Crippen LogP contribution in [-0.4, -0.2) is 58.8 Å². The number of alkyl halides is 1. The summed E-state index contributed by atoms with van der Waals surface area (Å²) in [5.41, 5.74) is 4.30. The Morgan fingerprint density at radius 1 is 0.780 bits per heavy atom. The number of halogens is 2. The van der Waals surface area contributed by atoms with E-state index in [9.17, 15) is 0 Å². The first-order valence-corrected chi connectivity index (χ1v) is 14.3. The summed E-state index contributed by atoms with van der Waals surface area (Å²) >= 11 is 5.72. The van der Waals surface area contributed by atoms with Gasteiger partial charge in [0.15, 0.2) is 23.0 Å². The van der Waals surface area contributed by atoms with Gasteiger partial charge in [0, 0.05) is 36.0 Å². The van der Waals surface area contributed by atoms with Gasteiger partial charge in [0.05, 0.1) is 64.5 Å². The Kier molecular flexibility index (Phi) is 25.5. The van der Waals surface area contributed by atoms with Gasteiger partial charge in [-0.1, -0.05) is 12.1 Å². The minimum atomic E-state index is -0.181. The van der Waals surface area contributed by atoms with E-state index in [-0.39, 0.29) is 129 Å². The molecule has 4 aromatic heterocycles. The molecule has 2 aromatic carbocycles. The number of methoxy groups -OCH3 is 4. The van der Waals surface area contributed by atoms with Crippen molar-refractivity contribution < 1.29 is 148 Å². The summed E-state index contributed by atoms with van der Waals surface area (Å²) in [4.78, 5) is 19.4. The molecule has 0 amide bonds. The number of phenols is 1. The molecular weight excluding hydrogens is 745 g/mol. The molecule has 0 radical (unpaired) electrons. The third kappa shape index (κ3) is 14.5. The smallest absolute Gasteiger partial charge is 1.00 e. The Balaban J connectivity index is 0. The van der Waals surface area contributed by atoms with E-state index in [0.29, 0.717) is 35.5 Å². The Morgan fingerprint density at radius 2 is 1.28 bits per heavy atom. The Hall–Kier alpha value is -2.10. The normalized spacial score (nSPS) is 9.24. The number of hydrogen-bond donors (Lipinski definition) is 1. The number of ether oxygens (including phenoxy) is 5. The number of aromatic hydroxyl groups is 1. The summed E-state index contributed by atoms with van der Waals surface area (Å²) in [7, 11) is 6.29. The van der Waals surface area contributed by atoms with Crippen molar-refractivity contribution >= 4 is 41.5 Å². The molecule has 0 saturated carbocycles. The third-order valence-corrected chi connectivity index (χ3v) is 6.69. The fraction of sp³-hybridized carbons (Fsp3) is 0.182. The number of carbonyl (C=O) groups excluding carboxylic acids is 1. The molecule has 1 N–H and O–H groups in total. The summed E-state index contributed by atoms with van der Waals surface area (Å²) in [6.45, 7) is 0.263. The van der Waals surface area contributed by atoms with Crippen LogP contribution in [0.2, 0.25) is 0 Å². The number of phenolic OH excluding ortho intramolecular Hbond substituents is 1. The van der Waals surface area contributed by atoms with Crippen LogP contribution in [0.1, 0.15) is 12.6 Å². The van der Waals surface area contributed by atoms with Gasteiger partial charge in [-0.2, -0.15) is 0 Å². The summed E-state index contributed by atoms with van der Waals surface area (Å²) in [6, 6.07) is 18.3. The predicted octanol–water partition coefficient (Wildman–Crippen LogP) is -0.610. The van der Waals surface area contributed by atoms with Gasteiger partial charge in [-0.15, -0.1) is 24.0 Å². The molecule has 0 atom stereocenters. The van der Waals surface area contributed by atoms with Crippen molar-refractivity contribution in [2.45, 2.75) is 12.5 Å². The van der Waals surface area contributed by atoms with Crippen LogP contribution in [0.5, 0.6) is 34.5 Å². The largest absolute Gasteiger partial charge is 1.00 e. The van der Waals surface area contributed by atoms with Crippen LogP contribution in [0, 0.1) is 0 Å². The first-order chi connectivity index (χ1) is 22.9. The van der Waals surface area contributed by atoms with E-state index in [1.807, 2.05) is 70.0 Å². The van der Waals surface area contributed by atoms with Crippen molar-refractivity contribution in [2.24, 2.45) is 0 Å². The summed E-state index contributed by atoms with van der Waals surface area (Å²) in [5, 5.41) is 17.6. The minimum absolute atomic E-state index is 0. The first-order valence-electron chi connectivity index (χ1n) is 13.8. The number of pyridine rings is 2. The number of hydrogen-bond acceptors (Lipinski definition) is 11. The van der Waals surface area contributed by atoms with Gasteiger partial charge in [-0.05, 0) is 42.0 Å². The molecule has 0 aliphatic carbocycles. The molecule has 6 rings (SSSR count). The zero-order valence-electron chi connectivity index (χ0n) is 29.5. The van der Waals surface area contributed by atoms with Crippen LogP contribution < -0.4 is 132 Å². The number of aromatic nitrogens is 4. The van der Waals surface area contributed by atoms with Gasteiger partial charge < -0.3 is 49.2 Å². The molecule has 0 spiro atoms. The second-order valence-corrected chi connectivity index (χ2v) is 9.38. The molecule has 0 bridgehead atoms. The Bertz CT molecular complexity index is 1850. The zero-order chi connectivity index (χ0) is 34.0. The maximum Gasteiger partial charge on any atom is 1.00 e. The molecule has 13 nitrogen and oxygen atoms in total. The molecule has 17 heteroatoms. The Morgan fingerprint density at radius 3 is 1.78 bits per heavy atom. The maximum atomic E-state index is 9.15. The first kappa shape index (κ1) is 47.9. The molecule has 0 aliphatic rings.